The standard InChI is InChI=1S/C17H26O5/c1-11-6-5-7-13(16(20)21)8-14(22-12(2)18)9-17(3,4)10-15(11)19/h7,14-15,19H,1,5-6,8-10H2,2-4H3,(H,20,21). The molecule has 0 spiro atoms. The summed E-state index contributed by atoms with van der Waals surface area (Å²) < 4.78 is 5.29. The molecule has 1 aliphatic rings. The van der Waals surface area contributed by atoms with Crippen LogP contribution in [0.4, 0.5) is 0 Å². The first kappa shape index (κ1) is 18.4. The van der Waals surface area contributed by atoms with Gasteiger partial charge in [0, 0.05) is 18.9 Å². The lowest BCUT2D eigenvalue weighted by atomic mass is 9.79. The maximum atomic E-state index is 11.4. The number of allylic oxidation sites excluding steroid dienone is 1. The fourth-order valence-corrected chi connectivity index (χ4v) is 2.86. The molecule has 22 heavy (non-hydrogen) atoms. The first-order chi connectivity index (χ1) is 10.1. The molecule has 0 radical (unpaired) electrons. The van der Waals surface area contributed by atoms with Crippen LogP contribution in [0.15, 0.2) is 23.8 Å². The molecule has 0 saturated heterocycles. The molecular formula is C17H26O5. The molecule has 0 aromatic heterocycles. The average molecular weight is 310 g/mol. The van der Waals surface area contributed by atoms with Crippen LogP contribution in [0.3, 0.4) is 0 Å². The van der Waals surface area contributed by atoms with E-state index in [2.05, 4.69) is 6.58 Å². The fraction of sp³-hybridized carbons (Fsp3) is 0.647. The molecule has 0 heterocycles. The van der Waals surface area contributed by atoms with Crippen molar-refractivity contribution in [2.24, 2.45) is 5.41 Å². The van der Waals surface area contributed by atoms with Crippen molar-refractivity contribution in [2.75, 3.05) is 0 Å². The molecule has 124 valence electrons. The Kier molecular flexibility index (Phi) is 6.35. The van der Waals surface area contributed by atoms with Gasteiger partial charge < -0.3 is 14.9 Å². The molecule has 0 fully saturated rings. The monoisotopic (exact) mass is 310 g/mol. The highest BCUT2D eigenvalue weighted by Crippen LogP contribution is 2.34. The summed E-state index contributed by atoms with van der Waals surface area (Å²) in [5.74, 6) is -1.43. The summed E-state index contributed by atoms with van der Waals surface area (Å²) in [6.07, 6.45) is 2.72. The van der Waals surface area contributed by atoms with Crippen LogP contribution < -0.4 is 0 Å². The van der Waals surface area contributed by atoms with Crippen molar-refractivity contribution in [1.29, 1.82) is 0 Å². The van der Waals surface area contributed by atoms with E-state index in [4.69, 9.17) is 4.74 Å². The van der Waals surface area contributed by atoms with Gasteiger partial charge in [0.2, 0.25) is 0 Å². The first-order valence-electron chi connectivity index (χ1n) is 7.56. The van der Waals surface area contributed by atoms with Crippen molar-refractivity contribution in [2.45, 2.75) is 65.1 Å². The number of carbonyl (C=O) groups is 2. The van der Waals surface area contributed by atoms with Crippen molar-refractivity contribution < 1.29 is 24.5 Å². The van der Waals surface area contributed by atoms with Crippen molar-refractivity contribution in [3.63, 3.8) is 0 Å². The van der Waals surface area contributed by atoms with Crippen LogP contribution in [0.2, 0.25) is 0 Å². The zero-order chi connectivity index (χ0) is 16.9. The van der Waals surface area contributed by atoms with Crippen LogP contribution in [0.1, 0.15) is 52.9 Å². The number of aliphatic hydroxyl groups excluding tert-OH is 1. The lowest BCUT2D eigenvalue weighted by Gasteiger charge is -2.31. The van der Waals surface area contributed by atoms with Gasteiger partial charge in [-0.25, -0.2) is 4.79 Å². The number of carboxylic acid groups (broad SMARTS) is 1. The Balaban J connectivity index is 3.06. The predicted octanol–water partition coefficient (Wildman–Crippen LogP) is 2.84. The molecule has 0 aromatic carbocycles. The average Bonchev–Trinajstić information content (AvgIpc) is 2.35. The lowest BCUT2D eigenvalue weighted by molar-refractivity contribution is -0.148. The second kappa shape index (κ2) is 7.58. The lowest BCUT2D eigenvalue weighted by Crippen LogP contribution is -2.29. The summed E-state index contributed by atoms with van der Waals surface area (Å²) in [6.45, 7) is 9.16. The number of hydrogen-bond acceptors (Lipinski definition) is 4. The van der Waals surface area contributed by atoms with Crippen molar-refractivity contribution >= 4 is 11.9 Å². The summed E-state index contributed by atoms with van der Waals surface area (Å²) in [5, 5.41) is 19.5. The van der Waals surface area contributed by atoms with E-state index < -0.39 is 24.1 Å². The molecule has 2 N–H and O–H groups in total. The van der Waals surface area contributed by atoms with E-state index in [1.807, 2.05) is 13.8 Å². The van der Waals surface area contributed by atoms with Gasteiger partial charge in [-0.3, -0.25) is 4.79 Å². The van der Waals surface area contributed by atoms with Gasteiger partial charge in [0.1, 0.15) is 6.10 Å². The summed E-state index contributed by atoms with van der Waals surface area (Å²) >= 11 is 0. The minimum Gasteiger partial charge on any atom is -0.478 e. The highest BCUT2D eigenvalue weighted by molar-refractivity contribution is 5.86. The van der Waals surface area contributed by atoms with Crippen LogP contribution >= 0.6 is 0 Å². The van der Waals surface area contributed by atoms with E-state index in [-0.39, 0.29) is 17.4 Å². The number of carbonyl (C=O) groups excluding carboxylic acids is 1. The summed E-state index contributed by atoms with van der Waals surface area (Å²) in [4.78, 5) is 22.6. The number of ether oxygens (including phenoxy) is 1. The second-order valence-corrected chi connectivity index (χ2v) is 6.76. The SMILES string of the molecule is C=C1CCC=C(C(=O)O)CC(OC(C)=O)CC(C)(C)CC1O. The molecule has 2 atom stereocenters. The van der Waals surface area contributed by atoms with E-state index in [1.54, 1.807) is 6.08 Å². The second-order valence-electron chi connectivity index (χ2n) is 6.76. The molecule has 0 aliphatic heterocycles. The van der Waals surface area contributed by atoms with Gasteiger partial charge in [-0.1, -0.05) is 26.5 Å². The molecule has 0 amide bonds. The summed E-state index contributed by atoms with van der Waals surface area (Å²) in [7, 11) is 0. The van der Waals surface area contributed by atoms with Gasteiger partial charge in [0.25, 0.3) is 0 Å². The zero-order valence-electron chi connectivity index (χ0n) is 13.6. The number of aliphatic carboxylic acids is 1. The number of carboxylic acids is 1. The molecule has 5 heteroatoms. The van der Waals surface area contributed by atoms with E-state index in [9.17, 15) is 19.8 Å². The maximum absolute atomic E-state index is 11.4. The Morgan fingerprint density at radius 1 is 1.36 bits per heavy atom. The van der Waals surface area contributed by atoms with Gasteiger partial charge in [-0.2, -0.15) is 0 Å². The molecule has 2 unspecified atom stereocenters. The Bertz CT molecular complexity index is 475. The molecule has 1 rings (SSSR count). The Labute approximate surface area is 131 Å². The Morgan fingerprint density at radius 2 is 2.00 bits per heavy atom. The van der Waals surface area contributed by atoms with Gasteiger partial charge >= 0.3 is 11.9 Å². The van der Waals surface area contributed by atoms with Crippen molar-refractivity contribution in [1.82, 2.24) is 0 Å². The van der Waals surface area contributed by atoms with Gasteiger partial charge in [-0.15, -0.1) is 0 Å². The quantitative estimate of drug-likeness (QED) is 0.605. The van der Waals surface area contributed by atoms with Crippen molar-refractivity contribution in [3.05, 3.63) is 23.8 Å². The van der Waals surface area contributed by atoms with Crippen LogP contribution in [0.25, 0.3) is 0 Å². The fourth-order valence-electron chi connectivity index (χ4n) is 2.86. The van der Waals surface area contributed by atoms with Crippen LogP contribution in [-0.2, 0) is 14.3 Å². The molecule has 1 aliphatic carbocycles. The highest BCUT2D eigenvalue weighted by Gasteiger charge is 2.30. The minimum absolute atomic E-state index is 0.181. The van der Waals surface area contributed by atoms with Crippen LogP contribution in [-0.4, -0.2) is 34.4 Å². The number of esters is 1. The molecule has 5 nitrogen and oxygen atoms in total. The molecule has 0 aromatic rings. The van der Waals surface area contributed by atoms with Crippen LogP contribution in [0.5, 0.6) is 0 Å². The minimum atomic E-state index is -1.000. The third kappa shape index (κ3) is 6.02. The maximum Gasteiger partial charge on any atom is 0.331 e. The third-order valence-corrected chi connectivity index (χ3v) is 3.91. The van der Waals surface area contributed by atoms with E-state index >= 15 is 0 Å². The molecule has 0 saturated carbocycles. The summed E-state index contributed by atoms with van der Waals surface area (Å²) in [5.41, 5.74) is 0.655. The first-order valence-corrected chi connectivity index (χ1v) is 7.56. The topological polar surface area (TPSA) is 83.8 Å². The van der Waals surface area contributed by atoms with E-state index in [0.29, 0.717) is 31.3 Å². The summed E-state index contributed by atoms with van der Waals surface area (Å²) in [6, 6.07) is 0. The third-order valence-electron chi connectivity index (χ3n) is 3.91. The Morgan fingerprint density at radius 3 is 2.55 bits per heavy atom. The largest absolute Gasteiger partial charge is 0.478 e. The zero-order valence-corrected chi connectivity index (χ0v) is 13.6. The highest BCUT2D eigenvalue weighted by atomic mass is 16.5. The Hall–Kier alpha value is -1.62. The normalized spacial score (nSPS) is 26.5. The smallest absolute Gasteiger partial charge is 0.331 e. The molecular weight excluding hydrogens is 284 g/mol. The predicted molar refractivity (Wildman–Crippen MR) is 83.3 cm³/mol. The van der Waals surface area contributed by atoms with Gasteiger partial charge in [0.15, 0.2) is 0 Å². The number of aliphatic hydroxyl groups is 1. The van der Waals surface area contributed by atoms with Crippen molar-refractivity contribution in [3.8, 4) is 0 Å². The number of rotatable bonds is 2. The van der Waals surface area contributed by atoms with Gasteiger partial charge in [-0.05, 0) is 36.7 Å². The van der Waals surface area contributed by atoms with Crippen LogP contribution in [0, 0.1) is 5.41 Å². The van der Waals surface area contributed by atoms with Gasteiger partial charge in [0.05, 0.1) is 6.10 Å². The molecule has 0 bridgehead atoms. The van der Waals surface area contributed by atoms with E-state index in [0.717, 1.165) is 0 Å². The van der Waals surface area contributed by atoms with E-state index in [1.165, 1.54) is 6.92 Å². The number of hydrogen-bond donors (Lipinski definition) is 2.